The Bertz CT molecular complexity index is 412. The fourth-order valence-corrected chi connectivity index (χ4v) is 0.940. The number of nitrogens with zero attached hydrogens (tertiary/aromatic N) is 2. The number of nitrogens with one attached hydrogen (secondary N) is 1. The van der Waals surface area contributed by atoms with Gasteiger partial charge in [-0.2, -0.15) is 5.10 Å². The van der Waals surface area contributed by atoms with Gasteiger partial charge in [0.1, 0.15) is 5.69 Å². The Morgan fingerprint density at radius 3 is 2.88 bits per heavy atom. The van der Waals surface area contributed by atoms with E-state index in [4.69, 9.17) is 5.11 Å². The predicted octanol–water partition coefficient (Wildman–Crippen LogP) is -0.222. The van der Waals surface area contributed by atoms with Gasteiger partial charge < -0.3 is 14.7 Å². The van der Waals surface area contributed by atoms with Gasteiger partial charge in [-0.3, -0.25) is 5.10 Å². The van der Waals surface area contributed by atoms with Crippen molar-refractivity contribution in [1.82, 2.24) is 10.2 Å². The molecule has 2 N–H and O–H groups in total. The van der Waals surface area contributed by atoms with Crippen LogP contribution in [-0.4, -0.2) is 46.2 Å². The van der Waals surface area contributed by atoms with Gasteiger partial charge in [0.2, 0.25) is 12.3 Å². The lowest BCUT2D eigenvalue weighted by Gasteiger charge is -2.01. The molecular weight excluding hydrogens is 230 g/mol. The van der Waals surface area contributed by atoms with Crippen LogP contribution in [0.5, 0.6) is 0 Å². The van der Waals surface area contributed by atoms with Gasteiger partial charge in [-0.25, -0.2) is 9.59 Å². The van der Waals surface area contributed by atoms with Crippen molar-refractivity contribution in [2.24, 2.45) is 5.16 Å². The largest absolute Gasteiger partial charge is 0.476 e. The first-order valence-electron chi connectivity index (χ1n) is 4.74. The van der Waals surface area contributed by atoms with Crippen LogP contribution in [0.4, 0.5) is 0 Å². The molecule has 0 aliphatic rings. The molecule has 0 radical (unpaired) electrons. The maximum absolute atomic E-state index is 10.9. The van der Waals surface area contributed by atoms with E-state index >= 15 is 0 Å². The molecule has 0 aromatic carbocycles. The van der Waals surface area contributed by atoms with Crippen LogP contribution in [-0.2, 0) is 19.2 Å². The Morgan fingerprint density at radius 1 is 1.59 bits per heavy atom. The lowest BCUT2D eigenvalue weighted by Crippen LogP contribution is -2.17. The summed E-state index contributed by atoms with van der Waals surface area (Å²) < 4.78 is 4.57. The Balaban J connectivity index is 2.60. The molecule has 1 aromatic heterocycles. The first-order chi connectivity index (χ1) is 8.15. The standard InChI is InChI=1S/C9H11N3O5/c1-2-16-7(13)5-17-12-8(9(14)15)6-3-4-10-11-6/h3-4H,2,5H2,1H3,(H,10,11)(H,14,15). The zero-order valence-electron chi connectivity index (χ0n) is 9.04. The second kappa shape index (κ2) is 6.26. The van der Waals surface area contributed by atoms with E-state index in [2.05, 4.69) is 24.9 Å². The normalized spacial score (nSPS) is 11.0. The third-order valence-electron chi connectivity index (χ3n) is 1.59. The summed E-state index contributed by atoms with van der Waals surface area (Å²) in [4.78, 5) is 26.3. The van der Waals surface area contributed by atoms with E-state index in [9.17, 15) is 9.59 Å². The zero-order chi connectivity index (χ0) is 12.7. The van der Waals surface area contributed by atoms with Gasteiger partial charge in [0.25, 0.3) is 0 Å². The summed E-state index contributed by atoms with van der Waals surface area (Å²) in [5.41, 5.74) is -0.281. The highest BCUT2D eigenvalue weighted by molar-refractivity contribution is 6.41. The molecule has 0 saturated carbocycles. The van der Waals surface area contributed by atoms with Crippen LogP contribution in [0.25, 0.3) is 0 Å². The number of aromatic nitrogens is 2. The number of hydrogen-bond donors (Lipinski definition) is 2. The summed E-state index contributed by atoms with van der Waals surface area (Å²) in [5, 5.41) is 18.2. The molecule has 0 atom stereocenters. The van der Waals surface area contributed by atoms with Gasteiger partial charge in [0.05, 0.1) is 6.61 Å². The van der Waals surface area contributed by atoms with E-state index in [0.29, 0.717) is 0 Å². The number of carboxylic acids is 1. The first-order valence-corrected chi connectivity index (χ1v) is 4.74. The number of aliphatic carboxylic acids is 1. The third kappa shape index (κ3) is 3.93. The van der Waals surface area contributed by atoms with E-state index in [-0.39, 0.29) is 12.3 Å². The molecular formula is C9H11N3O5. The van der Waals surface area contributed by atoms with Crippen molar-refractivity contribution < 1.29 is 24.3 Å². The highest BCUT2D eigenvalue weighted by atomic mass is 16.7. The zero-order valence-corrected chi connectivity index (χ0v) is 9.04. The molecule has 0 fully saturated rings. The van der Waals surface area contributed by atoms with E-state index < -0.39 is 24.3 Å². The van der Waals surface area contributed by atoms with Crippen molar-refractivity contribution in [1.29, 1.82) is 0 Å². The monoisotopic (exact) mass is 241 g/mol. The summed E-state index contributed by atoms with van der Waals surface area (Å²) in [6.07, 6.45) is 1.44. The molecule has 0 aliphatic heterocycles. The third-order valence-corrected chi connectivity index (χ3v) is 1.59. The molecule has 0 spiro atoms. The Morgan fingerprint density at radius 2 is 2.35 bits per heavy atom. The number of carbonyl (C=O) groups is 2. The summed E-state index contributed by atoms with van der Waals surface area (Å²) in [5.74, 6) is -1.93. The number of rotatable bonds is 6. The van der Waals surface area contributed by atoms with Gasteiger partial charge in [0.15, 0.2) is 0 Å². The van der Waals surface area contributed by atoms with Gasteiger partial charge in [-0.15, -0.1) is 0 Å². The quantitative estimate of drug-likeness (QED) is 0.404. The van der Waals surface area contributed by atoms with Crippen LogP contribution < -0.4 is 0 Å². The second-order valence-electron chi connectivity index (χ2n) is 2.78. The number of carboxylic acid groups (broad SMARTS) is 1. The topological polar surface area (TPSA) is 114 Å². The Kier molecular flexibility index (Phi) is 4.67. The SMILES string of the molecule is CCOC(=O)CON=C(C(=O)O)c1cc[nH]n1. The number of ether oxygens (including phenoxy) is 1. The molecule has 8 nitrogen and oxygen atoms in total. The van der Waals surface area contributed by atoms with Crippen molar-refractivity contribution in [2.45, 2.75) is 6.92 Å². The van der Waals surface area contributed by atoms with E-state index in [1.807, 2.05) is 0 Å². The molecule has 1 aromatic rings. The average molecular weight is 241 g/mol. The van der Waals surface area contributed by atoms with E-state index in [1.165, 1.54) is 12.3 Å². The fraction of sp³-hybridized carbons (Fsp3) is 0.333. The minimum Gasteiger partial charge on any atom is -0.476 e. The smallest absolute Gasteiger partial charge is 0.360 e. The summed E-state index contributed by atoms with van der Waals surface area (Å²) in [7, 11) is 0. The van der Waals surface area contributed by atoms with Crippen LogP contribution in [0, 0.1) is 0 Å². The molecule has 1 rings (SSSR count). The van der Waals surface area contributed by atoms with Crippen LogP contribution in [0.2, 0.25) is 0 Å². The number of carbonyl (C=O) groups excluding carboxylic acids is 1. The molecule has 0 aliphatic carbocycles. The summed E-state index contributed by atoms with van der Waals surface area (Å²) >= 11 is 0. The fourth-order valence-electron chi connectivity index (χ4n) is 0.940. The molecule has 0 amide bonds. The van der Waals surface area contributed by atoms with Gasteiger partial charge in [-0.05, 0) is 13.0 Å². The molecule has 92 valence electrons. The Labute approximate surface area is 96.2 Å². The highest BCUT2D eigenvalue weighted by Crippen LogP contribution is 1.97. The van der Waals surface area contributed by atoms with E-state index in [1.54, 1.807) is 6.92 Å². The van der Waals surface area contributed by atoms with Gasteiger partial charge in [-0.1, -0.05) is 5.16 Å². The molecule has 17 heavy (non-hydrogen) atoms. The van der Waals surface area contributed by atoms with Crippen molar-refractivity contribution in [3.05, 3.63) is 18.0 Å². The van der Waals surface area contributed by atoms with Crippen LogP contribution >= 0.6 is 0 Å². The number of H-pyrrole nitrogens is 1. The predicted molar refractivity (Wildman–Crippen MR) is 55.3 cm³/mol. The second-order valence-corrected chi connectivity index (χ2v) is 2.78. The lowest BCUT2D eigenvalue weighted by atomic mass is 10.3. The van der Waals surface area contributed by atoms with Crippen LogP contribution in [0.15, 0.2) is 17.4 Å². The molecule has 1 heterocycles. The van der Waals surface area contributed by atoms with Crippen molar-refractivity contribution >= 4 is 17.7 Å². The lowest BCUT2D eigenvalue weighted by molar-refractivity contribution is -0.148. The molecule has 0 saturated heterocycles. The molecule has 0 bridgehead atoms. The van der Waals surface area contributed by atoms with Crippen LogP contribution in [0.1, 0.15) is 12.6 Å². The summed E-state index contributed by atoms with van der Waals surface area (Å²) in [6, 6.07) is 1.42. The molecule has 0 unspecified atom stereocenters. The number of oxime groups is 1. The maximum atomic E-state index is 10.9. The maximum Gasteiger partial charge on any atom is 0.360 e. The van der Waals surface area contributed by atoms with Gasteiger partial charge in [0, 0.05) is 6.20 Å². The van der Waals surface area contributed by atoms with Crippen molar-refractivity contribution in [3.63, 3.8) is 0 Å². The van der Waals surface area contributed by atoms with Crippen molar-refractivity contribution in [2.75, 3.05) is 13.2 Å². The highest BCUT2D eigenvalue weighted by Gasteiger charge is 2.16. The van der Waals surface area contributed by atoms with Crippen molar-refractivity contribution in [3.8, 4) is 0 Å². The van der Waals surface area contributed by atoms with Gasteiger partial charge >= 0.3 is 11.9 Å². The minimum absolute atomic E-state index is 0.112. The molecule has 8 heteroatoms. The number of esters is 1. The number of aromatic amines is 1. The van der Waals surface area contributed by atoms with E-state index in [0.717, 1.165) is 0 Å². The first kappa shape index (κ1) is 12.7. The summed E-state index contributed by atoms with van der Waals surface area (Å²) in [6.45, 7) is 1.42. The number of hydrogen-bond acceptors (Lipinski definition) is 6. The Hall–Kier alpha value is -2.38. The van der Waals surface area contributed by atoms with Crippen LogP contribution in [0.3, 0.4) is 0 Å². The average Bonchev–Trinajstić information content (AvgIpc) is 2.77. The minimum atomic E-state index is -1.30.